The average molecular weight is 406 g/mol. The molecule has 2 aromatic heterocycles. The molecular formula is C16H12BrN3O3S. The zero-order valence-corrected chi connectivity index (χ0v) is 15.0. The van der Waals surface area contributed by atoms with E-state index in [0.29, 0.717) is 11.5 Å². The second kappa shape index (κ2) is 7.59. The van der Waals surface area contributed by atoms with Gasteiger partial charge in [0.2, 0.25) is 5.89 Å². The zero-order chi connectivity index (χ0) is 16.9. The lowest BCUT2D eigenvalue weighted by atomic mass is 10.2. The molecule has 122 valence electrons. The van der Waals surface area contributed by atoms with Crippen LogP contribution in [0.25, 0.3) is 0 Å². The summed E-state index contributed by atoms with van der Waals surface area (Å²) in [5.41, 5.74) is 0.462. The number of carbonyl (C=O) groups is 1. The van der Waals surface area contributed by atoms with Crippen LogP contribution in [0.3, 0.4) is 0 Å². The first-order valence-electron chi connectivity index (χ1n) is 6.96. The zero-order valence-electron chi connectivity index (χ0n) is 12.6. The Labute approximate surface area is 150 Å². The molecule has 8 heteroatoms. The second-order valence-electron chi connectivity index (χ2n) is 4.70. The van der Waals surface area contributed by atoms with E-state index < -0.39 is 5.97 Å². The number of nitrogens with zero attached hydrogens (tertiary/aromatic N) is 3. The number of pyridine rings is 1. The maximum absolute atomic E-state index is 12.3. The maximum atomic E-state index is 12.3. The van der Waals surface area contributed by atoms with Crippen LogP contribution >= 0.6 is 27.7 Å². The quantitative estimate of drug-likeness (QED) is 0.592. The molecule has 0 aliphatic rings. The monoisotopic (exact) mass is 405 g/mol. The van der Waals surface area contributed by atoms with Crippen LogP contribution in [-0.4, -0.2) is 21.2 Å². The molecule has 3 aromatic rings. The molecule has 0 amide bonds. The number of aryl methyl sites for hydroxylation is 1. The molecule has 0 unspecified atom stereocenters. The van der Waals surface area contributed by atoms with Gasteiger partial charge in [0, 0.05) is 22.5 Å². The van der Waals surface area contributed by atoms with E-state index in [-0.39, 0.29) is 12.5 Å². The molecule has 0 atom stereocenters. The summed E-state index contributed by atoms with van der Waals surface area (Å²) < 4.78 is 11.3. The van der Waals surface area contributed by atoms with E-state index in [0.717, 1.165) is 14.4 Å². The first-order valence-corrected chi connectivity index (χ1v) is 8.57. The molecule has 0 N–H and O–H groups in total. The van der Waals surface area contributed by atoms with Crippen molar-refractivity contribution in [3.8, 4) is 0 Å². The lowest BCUT2D eigenvalue weighted by Gasteiger charge is -2.08. The van der Waals surface area contributed by atoms with E-state index in [1.54, 1.807) is 25.3 Å². The highest BCUT2D eigenvalue weighted by atomic mass is 79.9. The maximum Gasteiger partial charge on any atom is 0.339 e. The van der Waals surface area contributed by atoms with Gasteiger partial charge in [0.05, 0.1) is 5.56 Å². The summed E-state index contributed by atoms with van der Waals surface area (Å²) in [4.78, 5) is 17.4. The van der Waals surface area contributed by atoms with Crippen LogP contribution in [0.5, 0.6) is 0 Å². The Morgan fingerprint density at radius 1 is 1.25 bits per heavy atom. The Morgan fingerprint density at radius 3 is 2.79 bits per heavy atom. The molecule has 0 aliphatic heterocycles. The number of esters is 1. The van der Waals surface area contributed by atoms with Crippen molar-refractivity contribution in [1.82, 2.24) is 15.2 Å². The largest absolute Gasteiger partial charge is 0.452 e. The lowest BCUT2D eigenvalue weighted by Crippen LogP contribution is -2.07. The van der Waals surface area contributed by atoms with Crippen LogP contribution < -0.4 is 0 Å². The molecule has 2 heterocycles. The third-order valence-electron chi connectivity index (χ3n) is 2.92. The van der Waals surface area contributed by atoms with Crippen molar-refractivity contribution in [2.75, 3.05) is 0 Å². The van der Waals surface area contributed by atoms with Crippen LogP contribution in [-0.2, 0) is 11.3 Å². The minimum absolute atomic E-state index is 0.0603. The molecule has 6 nitrogen and oxygen atoms in total. The van der Waals surface area contributed by atoms with E-state index in [2.05, 4.69) is 31.1 Å². The summed E-state index contributed by atoms with van der Waals surface area (Å²) in [7, 11) is 0. The average Bonchev–Trinajstić information content (AvgIpc) is 3.01. The number of ether oxygens (including phenoxy) is 1. The highest BCUT2D eigenvalue weighted by Crippen LogP contribution is 2.30. The normalized spacial score (nSPS) is 10.6. The fourth-order valence-corrected chi connectivity index (χ4v) is 2.97. The number of benzene rings is 1. The Balaban J connectivity index is 1.73. The molecule has 0 aliphatic carbocycles. The Bertz CT molecular complexity index is 852. The van der Waals surface area contributed by atoms with Crippen molar-refractivity contribution < 1.29 is 13.9 Å². The van der Waals surface area contributed by atoms with Crippen molar-refractivity contribution in [3.63, 3.8) is 0 Å². The van der Waals surface area contributed by atoms with Crippen LogP contribution in [0.15, 0.2) is 61.4 Å². The summed E-state index contributed by atoms with van der Waals surface area (Å²) >= 11 is 4.74. The van der Waals surface area contributed by atoms with Gasteiger partial charge in [-0.2, -0.15) is 0 Å². The minimum atomic E-state index is -0.453. The van der Waals surface area contributed by atoms with E-state index in [1.807, 2.05) is 24.3 Å². The van der Waals surface area contributed by atoms with Crippen LogP contribution in [0, 0.1) is 6.92 Å². The summed E-state index contributed by atoms with van der Waals surface area (Å²) in [6.07, 6.45) is 1.71. The number of halogens is 1. The first kappa shape index (κ1) is 16.7. The fraction of sp³-hybridized carbons (Fsp3) is 0.125. The minimum Gasteiger partial charge on any atom is -0.452 e. The third-order valence-corrected chi connectivity index (χ3v) is 4.41. The van der Waals surface area contributed by atoms with Gasteiger partial charge in [-0.3, -0.25) is 0 Å². The van der Waals surface area contributed by atoms with Gasteiger partial charge in [-0.25, -0.2) is 9.78 Å². The Kier molecular flexibility index (Phi) is 5.27. The molecule has 0 fully saturated rings. The van der Waals surface area contributed by atoms with Gasteiger partial charge in [-0.15, -0.1) is 10.2 Å². The molecule has 0 saturated carbocycles. The molecule has 0 bridgehead atoms. The van der Waals surface area contributed by atoms with Gasteiger partial charge in [0.1, 0.15) is 5.03 Å². The van der Waals surface area contributed by atoms with E-state index in [1.165, 1.54) is 11.8 Å². The third kappa shape index (κ3) is 4.21. The van der Waals surface area contributed by atoms with Gasteiger partial charge < -0.3 is 9.15 Å². The lowest BCUT2D eigenvalue weighted by molar-refractivity contribution is 0.0432. The van der Waals surface area contributed by atoms with E-state index in [4.69, 9.17) is 9.15 Å². The highest BCUT2D eigenvalue weighted by Gasteiger charge is 2.15. The Morgan fingerprint density at radius 2 is 2.08 bits per heavy atom. The number of hydrogen-bond acceptors (Lipinski definition) is 7. The summed E-state index contributed by atoms with van der Waals surface area (Å²) in [5.74, 6) is 0.241. The van der Waals surface area contributed by atoms with Gasteiger partial charge in [0.25, 0.3) is 5.89 Å². The Hall–Kier alpha value is -2.19. The first-order chi connectivity index (χ1) is 11.6. The van der Waals surface area contributed by atoms with E-state index >= 15 is 0 Å². The van der Waals surface area contributed by atoms with Crippen molar-refractivity contribution in [2.45, 2.75) is 23.5 Å². The number of carbonyl (C=O) groups excluding carboxylic acids is 1. The molecule has 1 aromatic carbocycles. The number of rotatable bonds is 5. The molecule has 0 spiro atoms. The fourth-order valence-electron chi connectivity index (χ4n) is 1.86. The van der Waals surface area contributed by atoms with Crippen molar-refractivity contribution in [1.29, 1.82) is 0 Å². The summed E-state index contributed by atoms with van der Waals surface area (Å²) in [5, 5.41) is 8.27. The van der Waals surface area contributed by atoms with Gasteiger partial charge in [-0.05, 0) is 40.2 Å². The molecule has 24 heavy (non-hydrogen) atoms. The van der Waals surface area contributed by atoms with Crippen LogP contribution in [0.1, 0.15) is 22.1 Å². The number of aromatic nitrogens is 3. The molecular weight excluding hydrogens is 394 g/mol. The second-order valence-corrected chi connectivity index (χ2v) is 6.68. The van der Waals surface area contributed by atoms with Gasteiger partial charge in [-0.1, -0.05) is 23.9 Å². The van der Waals surface area contributed by atoms with E-state index in [9.17, 15) is 4.79 Å². The topological polar surface area (TPSA) is 78.1 Å². The molecule has 3 rings (SSSR count). The van der Waals surface area contributed by atoms with Crippen LogP contribution in [0.4, 0.5) is 0 Å². The van der Waals surface area contributed by atoms with Crippen molar-refractivity contribution in [3.05, 3.63) is 64.4 Å². The van der Waals surface area contributed by atoms with Gasteiger partial charge >= 0.3 is 5.97 Å². The van der Waals surface area contributed by atoms with Crippen molar-refractivity contribution in [2.24, 2.45) is 0 Å². The molecule has 0 saturated heterocycles. The predicted octanol–water partition coefficient (Wildman–Crippen LogP) is 4.04. The van der Waals surface area contributed by atoms with Crippen molar-refractivity contribution >= 4 is 33.7 Å². The van der Waals surface area contributed by atoms with Gasteiger partial charge in [0.15, 0.2) is 6.61 Å². The highest BCUT2D eigenvalue weighted by molar-refractivity contribution is 9.10. The molecule has 0 radical (unpaired) electrons. The predicted molar refractivity (Wildman–Crippen MR) is 90.7 cm³/mol. The number of hydrogen-bond donors (Lipinski definition) is 0. The summed E-state index contributed by atoms with van der Waals surface area (Å²) in [6, 6.07) is 11.0. The van der Waals surface area contributed by atoms with Crippen LogP contribution in [0.2, 0.25) is 0 Å². The summed E-state index contributed by atoms with van der Waals surface area (Å²) in [6.45, 7) is 1.62. The standard InChI is InChI=1S/C16H12BrN3O3S/c1-10-19-20-14(23-10)9-22-16(21)12-4-2-3-5-13(12)24-15-7-6-11(17)8-18-15/h2-8H,9H2,1H3. The SMILES string of the molecule is Cc1nnc(COC(=O)c2ccccc2Sc2ccc(Br)cn2)o1. The smallest absolute Gasteiger partial charge is 0.339 e.